The van der Waals surface area contributed by atoms with Crippen LogP contribution in [0.15, 0.2) is 35.2 Å². The lowest BCUT2D eigenvalue weighted by Crippen LogP contribution is -2.34. The third-order valence-electron chi connectivity index (χ3n) is 2.93. The molecule has 2 unspecified atom stereocenters. The van der Waals surface area contributed by atoms with E-state index in [1.807, 2.05) is 31.6 Å². The van der Waals surface area contributed by atoms with Crippen molar-refractivity contribution in [2.45, 2.75) is 25.4 Å². The maximum atomic E-state index is 6.09. The fraction of sp³-hybridized carbons (Fsp3) is 0.462. The molecular formula is C13H20N4O. The van der Waals surface area contributed by atoms with E-state index in [-0.39, 0.29) is 6.04 Å². The van der Waals surface area contributed by atoms with Gasteiger partial charge in [-0.25, -0.2) is 0 Å². The highest BCUT2D eigenvalue weighted by molar-refractivity contribution is 5.10. The molecule has 2 aromatic heterocycles. The standard InChI is InChI=1S/C13H20N4O/c1-10(6-12-4-3-5-18-12)15-8-13(14)11-7-16-17(2)9-11/h3-5,7,9-10,13,15H,6,8,14H2,1-2H3. The molecule has 0 aliphatic rings. The van der Waals surface area contributed by atoms with Crippen molar-refractivity contribution < 1.29 is 4.42 Å². The first-order chi connectivity index (χ1) is 8.65. The molecule has 0 aromatic carbocycles. The van der Waals surface area contributed by atoms with Crippen molar-refractivity contribution in [1.82, 2.24) is 15.1 Å². The summed E-state index contributed by atoms with van der Waals surface area (Å²) < 4.78 is 7.08. The van der Waals surface area contributed by atoms with Crippen LogP contribution >= 0.6 is 0 Å². The number of hydrogen-bond acceptors (Lipinski definition) is 4. The Morgan fingerprint density at radius 1 is 1.56 bits per heavy atom. The molecule has 2 atom stereocenters. The topological polar surface area (TPSA) is 69.0 Å². The molecule has 5 nitrogen and oxygen atoms in total. The van der Waals surface area contributed by atoms with E-state index in [9.17, 15) is 0 Å². The zero-order valence-corrected chi connectivity index (χ0v) is 10.8. The van der Waals surface area contributed by atoms with Gasteiger partial charge in [0.1, 0.15) is 5.76 Å². The average molecular weight is 248 g/mol. The SMILES string of the molecule is CC(Cc1ccco1)NCC(N)c1cnn(C)c1. The maximum Gasteiger partial charge on any atom is 0.105 e. The van der Waals surface area contributed by atoms with Crippen molar-refractivity contribution in [2.75, 3.05) is 6.54 Å². The Morgan fingerprint density at radius 3 is 3.00 bits per heavy atom. The van der Waals surface area contributed by atoms with Crippen LogP contribution in [0.4, 0.5) is 0 Å². The summed E-state index contributed by atoms with van der Waals surface area (Å²) in [6.07, 6.45) is 6.32. The summed E-state index contributed by atoms with van der Waals surface area (Å²) in [6.45, 7) is 2.85. The maximum absolute atomic E-state index is 6.09. The molecular weight excluding hydrogens is 228 g/mol. The molecule has 0 spiro atoms. The first-order valence-electron chi connectivity index (χ1n) is 6.15. The molecule has 2 rings (SSSR count). The zero-order chi connectivity index (χ0) is 13.0. The molecule has 0 aliphatic carbocycles. The Kier molecular flexibility index (Phi) is 4.17. The van der Waals surface area contributed by atoms with Gasteiger partial charge in [-0.1, -0.05) is 0 Å². The smallest absolute Gasteiger partial charge is 0.105 e. The number of nitrogens with zero attached hydrogens (tertiary/aromatic N) is 2. The summed E-state index contributed by atoms with van der Waals surface area (Å²) >= 11 is 0. The van der Waals surface area contributed by atoms with Gasteiger partial charge in [0, 0.05) is 43.9 Å². The number of nitrogens with one attached hydrogen (secondary N) is 1. The summed E-state index contributed by atoms with van der Waals surface area (Å²) in [7, 11) is 1.89. The highest BCUT2D eigenvalue weighted by atomic mass is 16.3. The van der Waals surface area contributed by atoms with Gasteiger partial charge in [0.05, 0.1) is 12.5 Å². The number of nitrogens with two attached hydrogens (primary N) is 1. The van der Waals surface area contributed by atoms with Gasteiger partial charge in [0.2, 0.25) is 0 Å². The van der Waals surface area contributed by atoms with Crippen LogP contribution in [0.2, 0.25) is 0 Å². The second-order valence-electron chi connectivity index (χ2n) is 4.65. The predicted octanol–water partition coefficient (Wildman–Crippen LogP) is 1.23. The third-order valence-corrected chi connectivity index (χ3v) is 2.93. The molecule has 5 heteroatoms. The summed E-state index contributed by atoms with van der Waals surface area (Å²) in [5.74, 6) is 0.991. The summed E-state index contributed by atoms with van der Waals surface area (Å²) in [5, 5.41) is 7.53. The average Bonchev–Trinajstić information content (AvgIpc) is 2.97. The Bertz CT molecular complexity index is 463. The Hall–Kier alpha value is -1.59. The quantitative estimate of drug-likeness (QED) is 0.807. The van der Waals surface area contributed by atoms with Gasteiger partial charge in [-0.3, -0.25) is 4.68 Å². The van der Waals surface area contributed by atoms with Gasteiger partial charge < -0.3 is 15.5 Å². The van der Waals surface area contributed by atoms with Gasteiger partial charge in [0.15, 0.2) is 0 Å². The minimum atomic E-state index is -0.0299. The lowest BCUT2D eigenvalue weighted by atomic mass is 10.1. The number of furan rings is 1. The molecule has 2 heterocycles. The van der Waals surface area contributed by atoms with Crippen LogP contribution in [0.3, 0.4) is 0 Å². The van der Waals surface area contributed by atoms with E-state index < -0.39 is 0 Å². The fourth-order valence-electron chi connectivity index (χ4n) is 1.88. The molecule has 0 aliphatic heterocycles. The number of aromatic nitrogens is 2. The number of aryl methyl sites for hydroxylation is 1. The number of hydrogen-bond donors (Lipinski definition) is 2. The Morgan fingerprint density at radius 2 is 2.39 bits per heavy atom. The van der Waals surface area contributed by atoms with Crippen molar-refractivity contribution >= 4 is 0 Å². The summed E-state index contributed by atoms with van der Waals surface area (Å²) in [6, 6.07) is 4.19. The van der Waals surface area contributed by atoms with E-state index in [1.54, 1.807) is 10.9 Å². The normalized spacial score (nSPS) is 14.6. The van der Waals surface area contributed by atoms with E-state index in [4.69, 9.17) is 10.2 Å². The van der Waals surface area contributed by atoms with Crippen molar-refractivity contribution in [1.29, 1.82) is 0 Å². The summed E-state index contributed by atoms with van der Waals surface area (Å²) in [5.41, 5.74) is 7.14. The fourth-order valence-corrected chi connectivity index (χ4v) is 1.88. The van der Waals surface area contributed by atoms with Gasteiger partial charge >= 0.3 is 0 Å². The van der Waals surface area contributed by atoms with Crippen LogP contribution in [0, 0.1) is 0 Å². The minimum absolute atomic E-state index is 0.0299. The zero-order valence-electron chi connectivity index (χ0n) is 10.8. The second kappa shape index (κ2) is 5.84. The van der Waals surface area contributed by atoms with Gasteiger partial charge in [0.25, 0.3) is 0 Å². The van der Waals surface area contributed by atoms with Crippen LogP contribution in [-0.2, 0) is 13.5 Å². The van der Waals surface area contributed by atoms with Crippen LogP contribution in [0.1, 0.15) is 24.3 Å². The van der Waals surface area contributed by atoms with Crippen LogP contribution in [0.25, 0.3) is 0 Å². The first-order valence-corrected chi connectivity index (χ1v) is 6.15. The van der Waals surface area contributed by atoms with Crippen molar-refractivity contribution in [3.8, 4) is 0 Å². The minimum Gasteiger partial charge on any atom is -0.469 e. The predicted molar refractivity (Wildman–Crippen MR) is 70.0 cm³/mol. The van der Waals surface area contributed by atoms with Gasteiger partial charge in [-0.2, -0.15) is 5.10 Å². The van der Waals surface area contributed by atoms with Gasteiger partial charge in [-0.05, 0) is 19.1 Å². The molecule has 0 saturated carbocycles. The van der Waals surface area contributed by atoms with E-state index in [1.165, 1.54) is 0 Å². The Labute approximate surface area is 107 Å². The molecule has 0 fully saturated rings. The van der Waals surface area contributed by atoms with Crippen molar-refractivity contribution in [2.24, 2.45) is 12.8 Å². The molecule has 0 radical (unpaired) electrons. The van der Waals surface area contributed by atoms with E-state index >= 15 is 0 Å². The molecule has 98 valence electrons. The van der Waals surface area contributed by atoms with Crippen LogP contribution < -0.4 is 11.1 Å². The lowest BCUT2D eigenvalue weighted by Gasteiger charge is -2.16. The second-order valence-corrected chi connectivity index (χ2v) is 4.65. The van der Waals surface area contributed by atoms with E-state index in [2.05, 4.69) is 17.3 Å². The first kappa shape index (κ1) is 12.9. The molecule has 2 aromatic rings. The van der Waals surface area contributed by atoms with Crippen LogP contribution in [-0.4, -0.2) is 22.4 Å². The molecule has 3 N–H and O–H groups in total. The largest absolute Gasteiger partial charge is 0.469 e. The van der Waals surface area contributed by atoms with E-state index in [0.29, 0.717) is 6.04 Å². The van der Waals surface area contributed by atoms with Crippen LogP contribution in [0.5, 0.6) is 0 Å². The molecule has 0 bridgehead atoms. The Balaban J connectivity index is 1.77. The van der Waals surface area contributed by atoms with Gasteiger partial charge in [-0.15, -0.1) is 0 Å². The van der Waals surface area contributed by atoms with Crippen molar-refractivity contribution in [3.05, 3.63) is 42.1 Å². The van der Waals surface area contributed by atoms with Crippen molar-refractivity contribution in [3.63, 3.8) is 0 Å². The lowest BCUT2D eigenvalue weighted by molar-refractivity contribution is 0.447. The van der Waals surface area contributed by atoms with E-state index in [0.717, 1.165) is 24.3 Å². The summed E-state index contributed by atoms with van der Waals surface area (Å²) in [4.78, 5) is 0. The highest BCUT2D eigenvalue weighted by Gasteiger charge is 2.10. The molecule has 18 heavy (non-hydrogen) atoms. The molecule has 0 amide bonds. The third kappa shape index (κ3) is 3.45. The molecule has 0 saturated heterocycles. The monoisotopic (exact) mass is 248 g/mol. The highest BCUT2D eigenvalue weighted by Crippen LogP contribution is 2.08. The number of rotatable bonds is 6.